The maximum absolute atomic E-state index is 11.6. The number of aromatic nitrogens is 1. The van der Waals surface area contributed by atoms with Crippen LogP contribution in [0.15, 0.2) is 0 Å². The molecule has 102 valence electrons. The van der Waals surface area contributed by atoms with Crippen LogP contribution in [0.5, 0.6) is 0 Å². The molecule has 2 aliphatic rings. The minimum Gasteiger partial charge on any atom is -0.387 e. The summed E-state index contributed by atoms with van der Waals surface area (Å²) in [5.41, 5.74) is 0.719. The number of fused-ring (bicyclic) bond motifs is 1. The Labute approximate surface area is 114 Å². The fourth-order valence-electron chi connectivity index (χ4n) is 2.45. The van der Waals surface area contributed by atoms with Crippen LogP contribution in [0.4, 0.5) is 5.13 Å². The SMILES string of the molecule is CC1C(=O)NC(=O)CN1c1nc2c(s1)CCCC2O. The number of imide groups is 1. The lowest BCUT2D eigenvalue weighted by molar-refractivity contribution is -0.132. The number of nitrogens with one attached hydrogen (secondary N) is 1. The molecule has 2 atom stereocenters. The molecule has 0 bridgehead atoms. The first kappa shape index (κ1) is 12.6. The van der Waals surface area contributed by atoms with E-state index in [4.69, 9.17) is 0 Å². The summed E-state index contributed by atoms with van der Waals surface area (Å²) in [6.45, 7) is 1.88. The molecule has 1 aliphatic carbocycles. The number of aryl methyl sites for hydroxylation is 1. The maximum atomic E-state index is 11.6. The Kier molecular flexibility index (Phi) is 3.02. The summed E-state index contributed by atoms with van der Waals surface area (Å²) in [5, 5.41) is 12.9. The van der Waals surface area contributed by atoms with Gasteiger partial charge in [-0.1, -0.05) is 0 Å². The third-order valence-corrected chi connectivity index (χ3v) is 4.75. The monoisotopic (exact) mass is 281 g/mol. The van der Waals surface area contributed by atoms with Gasteiger partial charge >= 0.3 is 0 Å². The van der Waals surface area contributed by atoms with Crippen LogP contribution in [-0.4, -0.2) is 34.5 Å². The number of amides is 2. The Morgan fingerprint density at radius 3 is 3.00 bits per heavy atom. The molecule has 1 aromatic heterocycles. The molecule has 19 heavy (non-hydrogen) atoms. The lowest BCUT2D eigenvalue weighted by Crippen LogP contribution is -2.57. The molecule has 6 nitrogen and oxygen atoms in total. The summed E-state index contributed by atoms with van der Waals surface area (Å²) in [5.74, 6) is -0.609. The van der Waals surface area contributed by atoms with Gasteiger partial charge < -0.3 is 10.0 Å². The van der Waals surface area contributed by atoms with Gasteiger partial charge in [0.1, 0.15) is 12.6 Å². The van der Waals surface area contributed by atoms with Crippen molar-refractivity contribution in [1.29, 1.82) is 0 Å². The van der Waals surface area contributed by atoms with Gasteiger partial charge in [-0.25, -0.2) is 4.98 Å². The van der Waals surface area contributed by atoms with Crippen molar-refractivity contribution in [1.82, 2.24) is 10.3 Å². The number of anilines is 1. The minimum atomic E-state index is -0.515. The predicted octanol–water partition coefficient (Wildman–Crippen LogP) is 0.364. The third-order valence-electron chi connectivity index (χ3n) is 3.58. The number of rotatable bonds is 1. The molecule has 3 rings (SSSR count). The fraction of sp³-hybridized carbons (Fsp3) is 0.583. The van der Waals surface area contributed by atoms with E-state index in [0.29, 0.717) is 5.13 Å². The Hall–Kier alpha value is -1.47. The number of thiazole rings is 1. The van der Waals surface area contributed by atoms with Crippen LogP contribution in [0, 0.1) is 0 Å². The highest BCUT2D eigenvalue weighted by Crippen LogP contribution is 2.37. The molecule has 0 spiro atoms. The molecule has 2 heterocycles. The molecule has 2 N–H and O–H groups in total. The van der Waals surface area contributed by atoms with Crippen LogP contribution >= 0.6 is 11.3 Å². The van der Waals surface area contributed by atoms with Gasteiger partial charge in [-0.15, -0.1) is 11.3 Å². The molecular weight excluding hydrogens is 266 g/mol. The second-order valence-corrected chi connectivity index (χ2v) is 5.99. The lowest BCUT2D eigenvalue weighted by atomic mass is 10.0. The van der Waals surface area contributed by atoms with Crippen molar-refractivity contribution in [2.75, 3.05) is 11.4 Å². The summed E-state index contributed by atoms with van der Waals surface area (Å²) in [6.07, 6.45) is 2.07. The molecule has 1 saturated heterocycles. The zero-order valence-corrected chi connectivity index (χ0v) is 11.4. The Morgan fingerprint density at radius 1 is 1.47 bits per heavy atom. The van der Waals surface area contributed by atoms with Crippen LogP contribution in [0.2, 0.25) is 0 Å². The van der Waals surface area contributed by atoms with Crippen molar-refractivity contribution in [2.24, 2.45) is 0 Å². The first-order valence-electron chi connectivity index (χ1n) is 6.34. The number of hydrogen-bond acceptors (Lipinski definition) is 6. The summed E-state index contributed by atoms with van der Waals surface area (Å²) in [7, 11) is 0. The van der Waals surface area contributed by atoms with E-state index in [9.17, 15) is 14.7 Å². The topological polar surface area (TPSA) is 82.5 Å². The van der Waals surface area contributed by atoms with Crippen LogP contribution < -0.4 is 10.2 Å². The largest absolute Gasteiger partial charge is 0.387 e. The van der Waals surface area contributed by atoms with Gasteiger partial charge in [0.2, 0.25) is 11.8 Å². The number of hydrogen-bond donors (Lipinski definition) is 2. The Bertz CT molecular complexity index is 542. The quantitative estimate of drug-likeness (QED) is 0.727. The van der Waals surface area contributed by atoms with Crippen molar-refractivity contribution in [3.8, 4) is 0 Å². The number of aliphatic hydroxyl groups is 1. The van der Waals surface area contributed by atoms with Crippen LogP contribution in [0.1, 0.15) is 36.4 Å². The molecule has 0 saturated carbocycles. The van der Waals surface area contributed by atoms with E-state index in [1.807, 2.05) is 0 Å². The number of nitrogens with zero attached hydrogens (tertiary/aromatic N) is 2. The summed E-state index contributed by atoms with van der Waals surface area (Å²) in [6, 6.07) is -0.414. The summed E-state index contributed by atoms with van der Waals surface area (Å²) < 4.78 is 0. The summed E-state index contributed by atoms with van der Waals surface area (Å²) in [4.78, 5) is 30.3. The smallest absolute Gasteiger partial charge is 0.249 e. The highest BCUT2D eigenvalue weighted by Gasteiger charge is 2.33. The molecule has 0 aromatic carbocycles. The molecule has 2 unspecified atom stereocenters. The van der Waals surface area contributed by atoms with Gasteiger partial charge in [0.25, 0.3) is 0 Å². The van der Waals surface area contributed by atoms with Crippen molar-refractivity contribution in [3.63, 3.8) is 0 Å². The molecule has 0 radical (unpaired) electrons. The number of carbonyl (C=O) groups is 2. The number of piperazine rings is 1. The van der Waals surface area contributed by atoms with Gasteiger partial charge in [-0.2, -0.15) is 0 Å². The zero-order chi connectivity index (χ0) is 13.6. The van der Waals surface area contributed by atoms with Crippen molar-refractivity contribution >= 4 is 28.3 Å². The highest BCUT2D eigenvalue weighted by molar-refractivity contribution is 7.15. The summed E-state index contributed by atoms with van der Waals surface area (Å²) >= 11 is 1.48. The maximum Gasteiger partial charge on any atom is 0.249 e. The first-order valence-corrected chi connectivity index (χ1v) is 7.16. The molecule has 1 fully saturated rings. The van der Waals surface area contributed by atoms with Gasteiger partial charge in [0.15, 0.2) is 5.13 Å². The lowest BCUT2D eigenvalue weighted by Gasteiger charge is -2.31. The van der Waals surface area contributed by atoms with E-state index in [0.717, 1.165) is 29.8 Å². The molecule has 7 heteroatoms. The van der Waals surface area contributed by atoms with Gasteiger partial charge in [0, 0.05) is 4.88 Å². The van der Waals surface area contributed by atoms with E-state index in [1.165, 1.54) is 11.3 Å². The Balaban J connectivity index is 1.93. The van der Waals surface area contributed by atoms with Crippen molar-refractivity contribution in [3.05, 3.63) is 10.6 Å². The zero-order valence-electron chi connectivity index (χ0n) is 10.5. The fourth-order valence-corrected chi connectivity index (χ4v) is 3.69. The number of carbonyl (C=O) groups excluding carboxylic acids is 2. The van der Waals surface area contributed by atoms with Crippen LogP contribution in [0.3, 0.4) is 0 Å². The average Bonchev–Trinajstić information content (AvgIpc) is 2.79. The van der Waals surface area contributed by atoms with E-state index >= 15 is 0 Å². The third kappa shape index (κ3) is 2.12. The van der Waals surface area contributed by atoms with Gasteiger partial charge in [0.05, 0.1) is 11.8 Å². The van der Waals surface area contributed by atoms with Crippen molar-refractivity contribution in [2.45, 2.75) is 38.3 Å². The molecule has 1 aliphatic heterocycles. The average molecular weight is 281 g/mol. The second-order valence-electron chi connectivity index (χ2n) is 4.93. The standard InChI is InChI=1S/C12H15N3O3S/c1-6-11(18)13-9(17)5-15(6)12-14-10-7(16)3-2-4-8(10)19-12/h6-7,16H,2-5H2,1H3,(H,13,17,18). The predicted molar refractivity (Wildman–Crippen MR) is 70.0 cm³/mol. The van der Waals surface area contributed by atoms with E-state index in [2.05, 4.69) is 10.3 Å². The van der Waals surface area contributed by atoms with Crippen molar-refractivity contribution < 1.29 is 14.7 Å². The minimum absolute atomic E-state index is 0.134. The van der Waals surface area contributed by atoms with E-state index < -0.39 is 12.1 Å². The van der Waals surface area contributed by atoms with Gasteiger partial charge in [-0.05, 0) is 26.2 Å². The van der Waals surface area contributed by atoms with Crippen LogP contribution in [-0.2, 0) is 16.0 Å². The van der Waals surface area contributed by atoms with E-state index in [-0.39, 0.29) is 18.4 Å². The second kappa shape index (κ2) is 4.57. The highest BCUT2D eigenvalue weighted by atomic mass is 32.1. The van der Waals surface area contributed by atoms with Crippen LogP contribution in [0.25, 0.3) is 0 Å². The normalized spacial score (nSPS) is 27.2. The van der Waals surface area contributed by atoms with Gasteiger partial charge in [-0.3, -0.25) is 14.9 Å². The first-order chi connectivity index (χ1) is 9.06. The molecule has 2 amide bonds. The van der Waals surface area contributed by atoms with E-state index in [1.54, 1.807) is 11.8 Å². The molecule has 1 aromatic rings. The Morgan fingerprint density at radius 2 is 2.26 bits per heavy atom. The molecular formula is C12H15N3O3S. The number of aliphatic hydroxyl groups excluding tert-OH is 1.